The highest BCUT2D eigenvalue weighted by Crippen LogP contribution is 2.31. The Morgan fingerprint density at radius 2 is 1.60 bits per heavy atom. The first kappa shape index (κ1) is 15.0. The van der Waals surface area contributed by atoms with Crippen LogP contribution in [0.3, 0.4) is 0 Å². The van der Waals surface area contributed by atoms with E-state index in [-0.39, 0.29) is 5.76 Å². The molecule has 5 heteroatoms. The van der Waals surface area contributed by atoms with Crippen molar-refractivity contribution in [3.05, 3.63) is 89.2 Å². The zero-order valence-corrected chi connectivity index (χ0v) is 13.2. The summed E-state index contributed by atoms with van der Waals surface area (Å²) in [4.78, 5) is 12.2. The molecule has 5 nitrogen and oxygen atoms in total. The molecule has 2 heterocycles. The third kappa shape index (κ3) is 2.72. The van der Waals surface area contributed by atoms with E-state index in [9.17, 15) is 9.90 Å². The highest BCUT2D eigenvalue weighted by molar-refractivity contribution is 5.66. The maximum atomic E-state index is 12.2. The van der Waals surface area contributed by atoms with E-state index in [1.165, 1.54) is 6.07 Å². The van der Waals surface area contributed by atoms with Crippen LogP contribution < -0.4 is 5.43 Å². The summed E-state index contributed by atoms with van der Waals surface area (Å²) in [7, 11) is 0. The minimum absolute atomic E-state index is 0.0905. The zero-order chi connectivity index (χ0) is 17.2. The molecule has 0 fully saturated rings. The van der Waals surface area contributed by atoms with Gasteiger partial charge in [0.1, 0.15) is 11.5 Å². The summed E-state index contributed by atoms with van der Waals surface area (Å²) in [5.74, 6) is 0.0456. The van der Waals surface area contributed by atoms with Crippen molar-refractivity contribution in [3.63, 3.8) is 0 Å². The zero-order valence-electron chi connectivity index (χ0n) is 13.2. The highest BCUT2D eigenvalue weighted by atomic mass is 16.4. The summed E-state index contributed by atoms with van der Waals surface area (Å²) in [6.45, 7) is 0. The predicted molar refractivity (Wildman–Crippen MR) is 94.6 cm³/mol. The van der Waals surface area contributed by atoms with Crippen LogP contribution in [0.15, 0.2) is 88.2 Å². The van der Waals surface area contributed by atoms with Gasteiger partial charge in [-0.3, -0.25) is 4.79 Å². The number of rotatable bonds is 3. The second-order valence-corrected chi connectivity index (χ2v) is 5.48. The number of aromatic nitrogens is 2. The Morgan fingerprint density at radius 3 is 2.32 bits per heavy atom. The Labute approximate surface area is 143 Å². The average molecular weight is 330 g/mol. The number of nitrogens with zero attached hydrogens (tertiary/aromatic N) is 2. The molecule has 0 atom stereocenters. The Balaban J connectivity index is 1.92. The standard InChI is InChI=1S/C20H14N2O3/c23-17-13-18(14-7-3-1-4-8-14)25-20(19(17)24)16-11-12-21-22(16)15-9-5-2-6-10-15/h1-13,24H. The summed E-state index contributed by atoms with van der Waals surface area (Å²) < 4.78 is 7.49. The van der Waals surface area contributed by atoms with Crippen molar-refractivity contribution in [1.29, 1.82) is 0 Å². The van der Waals surface area contributed by atoms with E-state index in [0.29, 0.717) is 11.5 Å². The largest absolute Gasteiger partial charge is 0.501 e. The number of para-hydroxylation sites is 1. The topological polar surface area (TPSA) is 68.3 Å². The molecule has 4 aromatic rings. The van der Waals surface area contributed by atoms with Crippen LogP contribution in [0.2, 0.25) is 0 Å². The van der Waals surface area contributed by atoms with Crippen molar-refractivity contribution >= 4 is 0 Å². The molecule has 0 saturated carbocycles. The molecule has 1 N–H and O–H groups in total. The predicted octanol–water partition coefficient (Wildman–Crippen LogP) is 3.87. The van der Waals surface area contributed by atoms with Crippen LogP contribution >= 0.6 is 0 Å². The van der Waals surface area contributed by atoms with Crippen LogP contribution in [0.25, 0.3) is 28.5 Å². The van der Waals surface area contributed by atoms with Crippen LogP contribution in [0.4, 0.5) is 0 Å². The molecule has 25 heavy (non-hydrogen) atoms. The molecule has 0 unspecified atom stereocenters. The van der Waals surface area contributed by atoms with E-state index in [1.807, 2.05) is 60.7 Å². The lowest BCUT2D eigenvalue weighted by Crippen LogP contribution is -2.04. The van der Waals surface area contributed by atoms with E-state index in [4.69, 9.17) is 4.42 Å². The van der Waals surface area contributed by atoms with Crippen LogP contribution in [0, 0.1) is 0 Å². The SMILES string of the molecule is O=c1cc(-c2ccccc2)oc(-c2ccnn2-c2ccccc2)c1O. The molecular weight excluding hydrogens is 316 g/mol. The first-order valence-corrected chi connectivity index (χ1v) is 7.76. The summed E-state index contributed by atoms with van der Waals surface area (Å²) in [6.07, 6.45) is 1.59. The Kier molecular flexibility index (Phi) is 3.67. The van der Waals surface area contributed by atoms with Gasteiger partial charge in [-0.15, -0.1) is 0 Å². The summed E-state index contributed by atoms with van der Waals surface area (Å²) in [6, 6.07) is 21.7. The molecule has 0 spiro atoms. The molecule has 0 aliphatic rings. The van der Waals surface area contributed by atoms with Gasteiger partial charge in [-0.1, -0.05) is 48.5 Å². The molecule has 2 aromatic heterocycles. The van der Waals surface area contributed by atoms with E-state index in [0.717, 1.165) is 11.3 Å². The number of aromatic hydroxyl groups is 1. The van der Waals surface area contributed by atoms with E-state index in [2.05, 4.69) is 5.10 Å². The molecule has 0 aliphatic carbocycles. The van der Waals surface area contributed by atoms with Gasteiger partial charge < -0.3 is 9.52 Å². The van der Waals surface area contributed by atoms with Crippen LogP contribution in [0.1, 0.15) is 0 Å². The molecule has 0 saturated heterocycles. The maximum absolute atomic E-state index is 12.2. The lowest BCUT2D eigenvalue weighted by Gasteiger charge is -2.09. The smallest absolute Gasteiger partial charge is 0.227 e. The van der Waals surface area contributed by atoms with E-state index >= 15 is 0 Å². The highest BCUT2D eigenvalue weighted by Gasteiger charge is 2.18. The van der Waals surface area contributed by atoms with Crippen molar-refractivity contribution < 1.29 is 9.52 Å². The van der Waals surface area contributed by atoms with Gasteiger partial charge in [-0.2, -0.15) is 5.10 Å². The average Bonchev–Trinajstić information content (AvgIpc) is 3.15. The monoisotopic (exact) mass is 330 g/mol. The van der Waals surface area contributed by atoms with Crippen molar-refractivity contribution in [2.24, 2.45) is 0 Å². The molecular formula is C20H14N2O3. The first-order valence-electron chi connectivity index (χ1n) is 7.76. The normalized spacial score (nSPS) is 10.7. The lowest BCUT2D eigenvalue weighted by atomic mass is 10.1. The fraction of sp³-hybridized carbons (Fsp3) is 0. The van der Waals surface area contributed by atoms with Gasteiger partial charge in [0.15, 0.2) is 5.76 Å². The number of hydrogen-bond acceptors (Lipinski definition) is 4. The van der Waals surface area contributed by atoms with Crippen molar-refractivity contribution in [2.45, 2.75) is 0 Å². The lowest BCUT2D eigenvalue weighted by molar-refractivity contribution is 0.440. The van der Waals surface area contributed by atoms with Gasteiger partial charge in [0, 0.05) is 11.6 Å². The third-order valence-corrected chi connectivity index (χ3v) is 3.86. The quantitative estimate of drug-likeness (QED) is 0.619. The minimum atomic E-state index is -0.499. The molecule has 0 aliphatic heterocycles. The first-order chi connectivity index (χ1) is 12.2. The van der Waals surface area contributed by atoms with Gasteiger partial charge in [-0.05, 0) is 18.2 Å². The van der Waals surface area contributed by atoms with Gasteiger partial charge in [0.25, 0.3) is 0 Å². The Bertz CT molecular complexity index is 1070. The molecule has 4 rings (SSSR count). The van der Waals surface area contributed by atoms with Crippen LogP contribution in [-0.2, 0) is 0 Å². The molecule has 0 bridgehead atoms. The van der Waals surface area contributed by atoms with Gasteiger partial charge in [0.05, 0.1) is 11.9 Å². The van der Waals surface area contributed by atoms with Gasteiger partial charge in [-0.25, -0.2) is 4.68 Å². The van der Waals surface area contributed by atoms with Crippen LogP contribution in [0.5, 0.6) is 5.75 Å². The van der Waals surface area contributed by atoms with Crippen LogP contribution in [-0.4, -0.2) is 14.9 Å². The van der Waals surface area contributed by atoms with Crippen molar-refractivity contribution in [3.8, 4) is 34.2 Å². The van der Waals surface area contributed by atoms with E-state index < -0.39 is 11.2 Å². The second kappa shape index (κ2) is 6.13. The number of hydrogen-bond donors (Lipinski definition) is 1. The number of benzene rings is 2. The second-order valence-electron chi connectivity index (χ2n) is 5.48. The molecule has 0 radical (unpaired) electrons. The molecule has 122 valence electrons. The van der Waals surface area contributed by atoms with Gasteiger partial charge in [0.2, 0.25) is 11.2 Å². The fourth-order valence-corrected chi connectivity index (χ4v) is 2.66. The van der Waals surface area contributed by atoms with Crippen molar-refractivity contribution in [2.75, 3.05) is 0 Å². The fourth-order valence-electron chi connectivity index (χ4n) is 2.66. The maximum Gasteiger partial charge on any atom is 0.227 e. The van der Waals surface area contributed by atoms with Gasteiger partial charge >= 0.3 is 0 Å². The summed E-state index contributed by atoms with van der Waals surface area (Å²) >= 11 is 0. The van der Waals surface area contributed by atoms with Crippen molar-refractivity contribution in [1.82, 2.24) is 9.78 Å². The Morgan fingerprint density at radius 1 is 0.920 bits per heavy atom. The molecule has 2 aromatic carbocycles. The third-order valence-electron chi connectivity index (χ3n) is 3.86. The summed E-state index contributed by atoms with van der Waals surface area (Å²) in [5, 5.41) is 14.5. The molecule has 0 amide bonds. The minimum Gasteiger partial charge on any atom is -0.501 e. The Hall–Kier alpha value is -3.60. The van der Waals surface area contributed by atoms with E-state index in [1.54, 1.807) is 16.9 Å². The summed E-state index contributed by atoms with van der Waals surface area (Å²) in [5.41, 5.74) is 1.56.